The van der Waals surface area contributed by atoms with E-state index < -0.39 is 6.10 Å². The molecule has 4 nitrogen and oxygen atoms in total. The fraction of sp³-hybridized carbons (Fsp3) is 0.350. The Kier molecular flexibility index (Phi) is 5.22. The molecule has 0 unspecified atom stereocenters. The zero-order valence-corrected chi connectivity index (χ0v) is 14.4. The molecule has 2 aromatic rings. The highest BCUT2D eigenvalue weighted by molar-refractivity contribution is 5.81. The molecule has 1 fully saturated rings. The van der Waals surface area contributed by atoms with E-state index in [1.54, 1.807) is 14.0 Å². The number of hydrogen-bond acceptors (Lipinski definition) is 3. The van der Waals surface area contributed by atoms with Crippen molar-refractivity contribution in [1.82, 2.24) is 4.90 Å². The van der Waals surface area contributed by atoms with Gasteiger partial charge in [0.25, 0.3) is 5.91 Å². The molecule has 2 aromatic carbocycles. The maximum absolute atomic E-state index is 13.0. The summed E-state index contributed by atoms with van der Waals surface area (Å²) in [6, 6.07) is 13.6. The highest BCUT2D eigenvalue weighted by atomic mass is 19.1. The van der Waals surface area contributed by atoms with Gasteiger partial charge in [-0.2, -0.15) is 0 Å². The van der Waals surface area contributed by atoms with Gasteiger partial charge in [-0.1, -0.05) is 12.1 Å². The highest BCUT2D eigenvalue weighted by Gasteiger charge is 2.33. The van der Waals surface area contributed by atoms with Gasteiger partial charge >= 0.3 is 0 Å². The molecule has 2 atom stereocenters. The standard InChI is InChI=1S/C20H22FNO3/c1-14(25-17-10-8-16(21)9-11-17)20(23)22-12-4-7-19(22)15-5-3-6-18(13-15)24-2/h3,5-6,8-11,13-14,19H,4,7,12H2,1-2H3/t14-,19+/m0/s1. The van der Waals surface area contributed by atoms with Crippen LogP contribution in [0.4, 0.5) is 4.39 Å². The van der Waals surface area contributed by atoms with Crippen LogP contribution in [0.15, 0.2) is 48.5 Å². The quantitative estimate of drug-likeness (QED) is 0.825. The minimum atomic E-state index is -0.628. The van der Waals surface area contributed by atoms with E-state index in [4.69, 9.17) is 9.47 Å². The Bertz CT molecular complexity index is 732. The Balaban J connectivity index is 1.72. The lowest BCUT2D eigenvalue weighted by Crippen LogP contribution is -2.40. The summed E-state index contributed by atoms with van der Waals surface area (Å²) in [5, 5.41) is 0. The van der Waals surface area contributed by atoms with Crippen LogP contribution in [-0.4, -0.2) is 30.6 Å². The molecule has 3 rings (SSSR count). The number of ether oxygens (including phenoxy) is 2. The molecule has 0 N–H and O–H groups in total. The molecule has 25 heavy (non-hydrogen) atoms. The third kappa shape index (κ3) is 3.92. The van der Waals surface area contributed by atoms with E-state index in [2.05, 4.69) is 0 Å². The van der Waals surface area contributed by atoms with E-state index in [1.807, 2.05) is 29.2 Å². The zero-order chi connectivity index (χ0) is 17.8. The van der Waals surface area contributed by atoms with Gasteiger partial charge in [0.1, 0.15) is 17.3 Å². The Labute approximate surface area is 147 Å². The highest BCUT2D eigenvalue weighted by Crippen LogP contribution is 2.34. The molecule has 0 aliphatic carbocycles. The number of carbonyl (C=O) groups is 1. The molecule has 1 aliphatic heterocycles. The molecule has 1 saturated heterocycles. The lowest BCUT2D eigenvalue weighted by molar-refractivity contribution is -0.138. The molecular weight excluding hydrogens is 321 g/mol. The van der Waals surface area contributed by atoms with E-state index in [0.29, 0.717) is 12.3 Å². The molecule has 0 saturated carbocycles. The summed E-state index contributed by atoms with van der Waals surface area (Å²) in [7, 11) is 1.63. The summed E-state index contributed by atoms with van der Waals surface area (Å²) < 4.78 is 24.0. The summed E-state index contributed by atoms with van der Waals surface area (Å²) in [5.74, 6) is 0.880. The average molecular weight is 343 g/mol. The molecule has 5 heteroatoms. The van der Waals surface area contributed by atoms with Crippen molar-refractivity contribution in [3.63, 3.8) is 0 Å². The number of amides is 1. The molecule has 0 radical (unpaired) electrons. The van der Waals surface area contributed by atoms with Gasteiger partial charge in [-0.25, -0.2) is 4.39 Å². The predicted molar refractivity (Wildman–Crippen MR) is 93.2 cm³/mol. The second-order valence-electron chi connectivity index (χ2n) is 6.18. The van der Waals surface area contributed by atoms with Crippen molar-refractivity contribution in [3.8, 4) is 11.5 Å². The second-order valence-corrected chi connectivity index (χ2v) is 6.18. The van der Waals surface area contributed by atoms with Crippen molar-refractivity contribution in [2.24, 2.45) is 0 Å². The number of halogens is 1. The van der Waals surface area contributed by atoms with Crippen LogP contribution in [0.2, 0.25) is 0 Å². The minimum Gasteiger partial charge on any atom is -0.497 e. The summed E-state index contributed by atoms with van der Waals surface area (Å²) in [6.45, 7) is 2.43. The predicted octanol–water partition coefficient (Wildman–Crippen LogP) is 3.97. The summed E-state index contributed by atoms with van der Waals surface area (Å²) in [4.78, 5) is 14.7. The molecule has 1 amide bonds. The van der Waals surface area contributed by atoms with E-state index >= 15 is 0 Å². The topological polar surface area (TPSA) is 38.8 Å². The SMILES string of the molecule is COc1cccc([C@H]2CCCN2C(=O)[C@H](C)Oc2ccc(F)cc2)c1. The third-order valence-electron chi connectivity index (χ3n) is 4.49. The second kappa shape index (κ2) is 7.55. The summed E-state index contributed by atoms with van der Waals surface area (Å²) >= 11 is 0. The lowest BCUT2D eigenvalue weighted by atomic mass is 10.0. The Morgan fingerprint density at radius 3 is 2.68 bits per heavy atom. The number of nitrogens with zero attached hydrogens (tertiary/aromatic N) is 1. The van der Waals surface area contributed by atoms with Crippen molar-refractivity contribution in [2.75, 3.05) is 13.7 Å². The van der Waals surface area contributed by atoms with Crippen LogP contribution in [0.1, 0.15) is 31.4 Å². The first-order valence-corrected chi connectivity index (χ1v) is 8.45. The van der Waals surface area contributed by atoms with Crippen LogP contribution in [-0.2, 0) is 4.79 Å². The molecular formula is C20H22FNO3. The minimum absolute atomic E-state index is 0.0295. The van der Waals surface area contributed by atoms with Gasteiger partial charge in [-0.15, -0.1) is 0 Å². The van der Waals surface area contributed by atoms with Crippen LogP contribution >= 0.6 is 0 Å². The first kappa shape index (κ1) is 17.3. The van der Waals surface area contributed by atoms with Crippen LogP contribution < -0.4 is 9.47 Å². The van der Waals surface area contributed by atoms with Crippen LogP contribution in [0.3, 0.4) is 0 Å². The number of methoxy groups -OCH3 is 1. The number of rotatable bonds is 5. The van der Waals surface area contributed by atoms with Crippen LogP contribution in [0, 0.1) is 5.82 Å². The molecule has 132 valence electrons. The average Bonchev–Trinajstić information content (AvgIpc) is 3.12. The maximum Gasteiger partial charge on any atom is 0.263 e. The normalized spacial score (nSPS) is 18.0. The smallest absolute Gasteiger partial charge is 0.263 e. The first-order chi connectivity index (χ1) is 12.1. The molecule has 1 heterocycles. The van der Waals surface area contributed by atoms with Crippen LogP contribution in [0.25, 0.3) is 0 Å². The fourth-order valence-corrected chi connectivity index (χ4v) is 3.23. The van der Waals surface area contributed by atoms with E-state index in [1.165, 1.54) is 24.3 Å². The first-order valence-electron chi connectivity index (χ1n) is 8.45. The number of hydrogen-bond donors (Lipinski definition) is 0. The molecule has 0 aromatic heterocycles. The Hall–Kier alpha value is -2.56. The van der Waals surface area contributed by atoms with Gasteiger partial charge in [-0.05, 0) is 61.7 Å². The van der Waals surface area contributed by atoms with E-state index in [-0.39, 0.29) is 17.8 Å². The summed E-state index contributed by atoms with van der Waals surface area (Å²) in [5.41, 5.74) is 1.07. The number of carbonyl (C=O) groups excluding carboxylic acids is 1. The third-order valence-corrected chi connectivity index (χ3v) is 4.49. The van der Waals surface area contributed by atoms with Gasteiger partial charge in [0.05, 0.1) is 13.2 Å². The van der Waals surface area contributed by atoms with Gasteiger partial charge < -0.3 is 14.4 Å². The van der Waals surface area contributed by atoms with Gasteiger partial charge in [0, 0.05) is 6.54 Å². The maximum atomic E-state index is 13.0. The van der Waals surface area contributed by atoms with E-state index in [0.717, 1.165) is 24.2 Å². The Morgan fingerprint density at radius 2 is 1.96 bits per heavy atom. The fourth-order valence-electron chi connectivity index (χ4n) is 3.23. The van der Waals surface area contributed by atoms with Gasteiger partial charge in [-0.3, -0.25) is 4.79 Å². The molecule has 0 bridgehead atoms. The van der Waals surface area contributed by atoms with Crippen LogP contribution in [0.5, 0.6) is 11.5 Å². The van der Waals surface area contributed by atoms with E-state index in [9.17, 15) is 9.18 Å². The van der Waals surface area contributed by atoms with Crippen molar-refractivity contribution in [1.29, 1.82) is 0 Å². The summed E-state index contributed by atoms with van der Waals surface area (Å²) in [6.07, 6.45) is 1.25. The monoisotopic (exact) mass is 343 g/mol. The van der Waals surface area contributed by atoms with Gasteiger partial charge in [0.2, 0.25) is 0 Å². The van der Waals surface area contributed by atoms with Crippen molar-refractivity contribution in [2.45, 2.75) is 31.9 Å². The lowest BCUT2D eigenvalue weighted by Gasteiger charge is -2.28. The molecule has 0 spiro atoms. The van der Waals surface area contributed by atoms with Crippen molar-refractivity contribution < 1.29 is 18.7 Å². The largest absolute Gasteiger partial charge is 0.497 e. The van der Waals surface area contributed by atoms with Crippen molar-refractivity contribution >= 4 is 5.91 Å². The Morgan fingerprint density at radius 1 is 1.20 bits per heavy atom. The molecule has 1 aliphatic rings. The number of likely N-dealkylation sites (tertiary alicyclic amines) is 1. The van der Waals surface area contributed by atoms with Gasteiger partial charge in [0.15, 0.2) is 6.10 Å². The van der Waals surface area contributed by atoms with Crippen molar-refractivity contribution in [3.05, 3.63) is 59.9 Å². The number of benzene rings is 2. The zero-order valence-electron chi connectivity index (χ0n) is 14.4.